The smallest absolute Gasteiger partial charge is 0.315 e. The maximum Gasteiger partial charge on any atom is 0.315 e. The van der Waals surface area contributed by atoms with Gasteiger partial charge in [0.15, 0.2) is 0 Å². The zero-order valence-corrected chi connectivity index (χ0v) is 13.3. The van der Waals surface area contributed by atoms with Gasteiger partial charge in [-0.1, -0.05) is 20.3 Å². The lowest BCUT2D eigenvalue weighted by molar-refractivity contribution is 0.114. The normalized spacial score (nSPS) is 14.8. The van der Waals surface area contributed by atoms with Crippen molar-refractivity contribution in [2.75, 3.05) is 13.2 Å². The Balaban J connectivity index is 2.25. The van der Waals surface area contributed by atoms with Crippen LogP contribution in [0.4, 0.5) is 9.18 Å². The van der Waals surface area contributed by atoms with Gasteiger partial charge in [0.1, 0.15) is 18.2 Å². The van der Waals surface area contributed by atoms with Crippen molar-refractivity contribution in [3.63, 3.8) is 0 Å². The predicted octanol–water partition coefficient (Wildman–Crippen LogP) is 2.30. The Hall–Kier alpha value is -1.82. The molecule has 0 fully saturated rings. The average molecular weight is 312 g/mol. The molecule has 0 bridgehead atoms. The summed E-state index contributed by atoms with van der Waals surface area (Å²) in [6.45, 7) is 6.21. The van der Waals surface area contributed by atoms with Gasteiger partial charge in [-0.15, -0.1) is 0 Å². The number of hydrogen-bond acceptors (Lipinski definition) is 3. The van der Waals surface area contributed by atoms with E-state index in [1.165, 1.54) is 24.3 Å². The van der Waals surface area contributed by atoms with Crippen molar-refractivity contribution in [3.05, 3.63) is 30.1 Å². The van der Waals surface area contributed by atoms with Crippen molar-refractivity contribution in [2.45, 2.75) is 39.3 Å². The highest BCUT2D eigenvalue weighted by Gasteiger charge is 2.14. The topological polar surface area (TPSA) is 70.6 Å². The van der Waals surface area contributed by atoms with Gasteiger partial charge in [-0.3, -0.25) is 0 Å². The first-order valence-corrected chi connectivity index (χ1v) is 7.53. The van der Waals surface area contributed by atoms with Crippen LogP contribution in [-0.4, -0.2) is 36.4 Å². The number of urea groups is 1. The number of nitrogens with one attached hydrogen (secondary N) is 2. The summed E-state index contributed by atoms with van der Waals surface area (Å²) in [6, 6.07) is 5.13. The zero-order chi connectivity index (χ0) is 16.5. The van der Waals surface area contributed by atoms with Crippen molar-refractivity contribution in [3.8, 4) is 5.75 Å². The molecule has 3 N–H and O–H groups in total. The van der Waals surface area contributed by atoms with E-state index in [1.54, 1.807) is 6.92 Å². The molecular weight excluding hydrogens is 287 g/mol. The zero-order valence-electron chi connectivity index (χ0n) is 13.3. The van der Waals surface area contributed by atoms with E-state index in [9.17, 15) is 14.3 Å². The number of ether oxygens (including phenoxy) is 1. The second kappa shape index (κ2) is 9.25. The Bertz CT molecular complexity index is 453. The van der Waals surface area contributed by atoms with Crippen molar-refractivity contribution in [1.29, 1.82) is 0 Å². The molecule has 0 aromatic heterocycles. The summed E-state index contributed by atoms with van der Waals surface area (Å²) >= 11 is 0. The highest BCUT2D eigenvalue weighted by Crippen LogP contribution is 2.11. The van der Waals surface area contributed by atoms with Crippen LogP contribution in [0.5, 0.6) is 5.75 Å². The third-order valence-corrected chi connectivity index (χ3v) is 3.46. The summed E-state index contributed by atoms with van der Waals surface area (Å²) in [4.78, 5) is 11.7. The molecule has 1 aromatic carbocycles. The van der Waals surface area contributed by atoms with Crippen molar-refractivity contribution >= 4 is 6.03 Å². The summed E-state index contributed by atoms with van der Waals surface area (Å²) in [5, 5.41) is 15.1. The number of aliphatic hydroxyl groups is 1. The molecule has 3 atom stereocenters. The Morgan fingerprint density at radius 1 is 1.32 bits per heavy atom. The van der Waals surface area contributed by atoms with E-state index in [-0.39, 0.29) is 37.0 Å². The molecule has 124 valence electrons. The molecule has 2 amide bonds. The van der Waals surface area contributed by atoms with E-state index >= 15 is 0 Å². The minimum absolute atomic E-state index is 0.138. The minimum Gasteiger partial charge on any atom is -0.491 e. The van der Waals surface area contributed by atoms with Crippen LogP contribution < -0.4 is 15.4 Å². The van der Waals surface area contributed by atoms with E-state index in [0.717, 1.165) is 6.42 Å². The number of amides is 2. The van der Waals surface area contributed by atoms with E-state index in [2.05, 4.69) is 10.6 Å². The Kier molecular flexibility index (Phi) is 7.66. The van der Waals surface area contributed by atoms with Gasteiger partial charge in [0.05, 0.1) is 12.1 Å². The lowest BCUT2D eigenvalue weighted by Gasteiger charge is -2.19. The van der Waals surface area contributed by atoms with Crippen LogP contribution in [0.3, 0.4) is 0 Å². The standard InChI is InChI=1S/C16H25FN2O3/c1-4-11(2)15(20)9-18-16(21)19-12(3)10-22-14-7-5-13(17)6-8-14/h5-8,11-12,15,20H,4,9-10H2,1-3H3,(H2,18,19,21). The second-order valence-corrected chi connectivity index (χ2v) is 5.47. The fraction of sp³-hybridized carbons (Fsp3) is 0.562. The summed E-state index contributed by atoms with van der Waals surface area (Å²) in [6.07, 6.45) is 0.299. The van der Waals surface area contributed by atoms with Crippen LogP contribution >= 0.6 is 0 Å². The van der Waals surface area contributed by atoms with E-state index in [1.807, 2.05) is 13.8 Å². The molecule has 6 heteroatoms. The largest absolute Gasteiger partial charge is 0.491 e. The molecule has 0 aliphatic carbocycles. The maximum atomic E-state index is 12.7. The number of carbonyl (C=O) groups is 1. The number of aliphatic hydroxyl groups excluding tert-OH is 1. The molecule has 1 aromatic rings. The van der Waals surface area contributed by atoms with Crippen LogP contribution in [0.15, 0.2) is 24.3 Å². The first-order chi connectivity index (χ1) is 10.4. The molecule has 3 unspecified atom stereocenters. The van der Waals surface area contributed by atoms with Crippen LogP contribution in [0, 0.1) is 11.7 Å². The first-order valence-electron chi connectivity index (χ1n) is 7.53. The highest BCUT2D eigenvalue weighted by atomic mass is 19.1. The van der Waals surface area contributed by atoms with Gasteiger partial charge < -0.3 is 20.5 Å². The molecule has 0 aliphatic rings. The summed E-state index contributed by atoms with van der Waals surface area (Å²) in [7, 11) is 0. The van der Waals surface area contributed by atoms with Gasteiger partial charge in [-0.05, 0) is 37.1 Å². The van der Waals surface area contributed by atoms with Gasteiger partial charge in [-0.2, -0.15) is 0 Å². The predicted molar refractivity (Wildman–Crippen MR) is 83.4 cm³/mol. The molecule has 0 saturated carbocycles. The Morgan fingerprint density at radius 2 is 1.95 bits per heavy atom. The number of benzene rings is 1. The van der Waals surface area contributed by atoms with Gasteiger partial charge in [-0.25, -0.2) is 9.18 Å². The molecule has 0 spiro atoms. The quantitative estimate of drug-likeness (QED) is 0.690. The molecule has 0 heterocycles. The third-order valence-electron chi connectivity index (χ3n) is 3.46. The number of hydrogen-bond donors (Lipinski definition) is 3. The summed E-state index contributed by atoms with van der Waals surface area (Å²) in [5.74, 6) is 0.361. The maximum absolute atomic E-state index is 12.7. The van der Waals surface area contributed by atoms with Crippen LogP contribution in [-0.2, 0) is 0 Å². The van der Waals surface area contributed by atoms with Gasteiger partial charge in [0.25, 0.3) is 0 Å². The van der Waals surface area contributed by atoms with Gasteiger partial charge in [0.2, 0.25) is 0 Å². The number of carbonyl (C=O) groups excluding carboxylic acids is 1. The van der Waals surface area contributed by atoms with Crippen molar-refractivity contribution in [2.24, 2.45) is 5.92 Å². The molecule has 0 aliphatic heterocycles. The summed E-state index contributed by atoms with van der Waals surface area (Å²) < 4.78 is 18.2. The fourth-order valence-corrected chi connectivity index (χ4v) is 1.74. The van der Waals surface area contributed by atoms with E-state index in [4.69, 9.17) is 4.74 Å². The average Bonchev–Trinajstić information content (AvgIpc) is 2.51. The van der Waals surface area contributed by atoms with Crippen LogP contribution in [0.25, 0.3) is 0 Å². The van der Waals surface area contributed by atoms with Crippen molar-refractivity contribution < 1.29 is 19.0 Å². The van der Waals surface area contributed by atoms with E-state index in [0.29, 0.717) is 5.75 Å². The Labute approximate surface area is 130 Å². The molecule has 1 rings (SSSR count). The SMILES string of the molecule is CCC(C)C(O)CNC(=O)NC(C)COc1ccc(F)cc1. The Morgan fingerprint density at radius 3 is 2.55 bits per heavy atom. The first kappa shape index (κ1) is 18.2. The summed E-state index contributed by atoms with van der Waals surface area (Å²) in [5.41, 5.74) is 0. The fourth-order valence-electron chi connectivity index (χ4n) is 1.74. The molecular formula is C16H25FN2O3. The highest BCUT2D eigenvalue weighted by molar-refractivity contribution is 5.74. The lowest BCUT2D eigenvalue weighted by Crippen LogP contribution is -2.46. The van der Waals surface area contributed by atoms with E-state index < -0.39 is 6.10 Å². The number of halogens is 1. The minimum atomic E-state index is -0.554. The number of rotatable bonds is 8. The lowest BCUT2D eigenvalue weighted by atomic mass is 10.0. The third kappa shape index (κ3) is 6.76. The molecule has 0 saturated heterocycles. The molecule has 5 nitrogen and oxygen atoms in total. The molecule has 22 heavy (non-hydrogen) atoms. The van der Waals surface area contributed by atoms with Crippen molar-refractivity contribution in [1.82, 2.24) is 10.6 Å². The van der Waals surface area contributed by atoms with Crippen LogP contribution in [0.2, 0.25) is 0 Å². The monoisotopic (exact) mass is 312 g/mol. The van der Waals surface area contributed by atoms with Crippen LogP contribution in [0.1, 0.15) is 27.2 Å². The molecule has 0 radical (unpaired) electrons. The van der Waals surface area contributed by atoms with Gasteiger partial charge in [0, 0.05) is 6.54 Å². The second-order valence-electron chi connectivity index (χ2n) is 5.47. The van der Waals surface area contributed by atoms with Gasteiger partial charge >= 0.3 is 6.03 Å².